The molecule has 1 fully saturated rings. The summed E-state index contributed by atoms with van der Waals surface area (Å²) in [6, 6.07) is 0. The van der Waals surface area contributed by atoms with E-state index in [1.54, 1.807) is 0 Å². The maximum absolute atomic E-state index is 5.35. The van der Waals surface area contributed by atoms with Crippen LogP contribution < -0.4 is 0 Å². The molecule has 1 saturated carbocycles. The highest BCUT2D eigenvalue weighted by atomic mass is 16.5. The Kier molecular flexibility index (Phi) is 12.5. The summed E-state index contributed by atoms with van der Waals surface area (Å²) in [5.74, 6) is 1.14. The van der Waals surface area contributed by atoms with Gasteiger partial charge in [-0.15, -0.1) is 0 Å². The minimum Gasteiger partial charge on any atom is -0.382 e. The van der Waals surface area contributed by atoms with E-state index in [9.17, 15) is 0 Å². The van der Waals surface area contributed by atoms with Crippen LogP contribution in [-0.4, -0.2) is 13.2 Å². The van der Waals surface area contributed by atoms with Gasteiger partial charge in [0.1, 0.15) is 0 Å². The van der Waals surface area contributed by atoms with Crippen LogP contribution >= 0.6 is 0 Å². The van der Waals surface area contributed by atoms with Crippen LogP contribution in [-0.2, 0) is 4.74 Å². The van der Waals surface area contributed by atoms with E-state index in [0.29, 0.717) is 0 Å². The van der Waals surface area contributed by atoms with E-state index in [-0.39, 0.29) is 0 Å². The van der Waals surface area contributed by atoms with Gasteiger partial charge in [-0.25, -0.2) is 0 Å². The fourth-order valence-corrected chi connectivity index (χ4v) is 2.96. The van der Waals surface area contributed by atoms with Crippen molar-refractivity contribution in [2.75, 3.05) is 13.2 Å². The molecular weight excluding hydrogens is 244 g/mol. The number of rotatable bonds is 16. The lowest BCUT2D eigenvalue weighted by Crippen LogP contribution is -1.92. The van der Waals surface area contributed by atoms with E-state index in [0.717, 1.165) is 19.1 Å². The molecule has 0 amide bonds. The molecule has 0 atom stereocenters. The van der Waals surface area contributed by atoms with Crippen LogP contribution in [0, 0.1) is 5.92 Å². The van der Waals surface area contributed by atoms with Crippen molar-refractivity contribution in [2.45, 2.75) is 103 Å². The van der Waals surface area contributed by atoms with Crippen LogP contribution in [0.3, 0.4) is 0 Å². The molecule has 0 N–H and O–H groups in total. The molecule has 1 nitrogen and oxygen atoms in total. The molecule has 120 valence electrons. The Morgan fingerprint density at radius 1 is 0.650 bits per heavy atom. The Morgan fingerprint density at radius 2 is 1.10 bits per heavy atom. The maximum atomic E-state index is 5.35. The monoisotopic (exact) mass is 282 g/mol. The minimum atomic E-state index is 0.876. The van der Waals surface area contributed by atoms with E-state index in [1.165, 1.54) is 96.3 Å². The standard InChI is InChI=1S/C19H38O/c1-2-20-18-14-12-10-8-6-4-3-5-7-9-11-13-15-19-16-17-19/h19H,2-18H2,1H3. The molecular formula is C19H38O. The van der Waals surface area contributed by atoms with Gasteiger partial charge in [-0.1, -0.05) is 89.9 Å². The molecule has 0 aliphatic heterocycles. The van der Waals surface area contributed by atoms with Gasteiger partial charge in [0.2, 0.25) is 0 Å². The second-order valence-corrected chi connectivity index (χ2v) is 6.67. The highest BCUT2D eigenvalue weighted by molar-refractivity contribution is 4.72. The number of hydrogen-bond acceptors (Lipinski definition) is 1. The van der Waals surface area contributed by atoms with Gasteiger partial charge in [-0.3, -0.25) is 0 Å². The van der Waals surface area contributed by atoms with E-state index >= 15 is 0 Å². The van der Waals surface area contributed by atoms with E-state index in [4.69, 9.17) is 4.74 Å². The second kappa shape index (κ2) is 13.9. The molecule has 0 bridgehead atoms. The summed E-state index contributed by atoms with van der Waals surface area (Å²) in [4.78, 5) is 0. The lowest BCUT2D eigenvalue weighted by atomic mass is 10.0. The molecule has 0 aromatic rings. The summed E-state index contributed by atoms with van der Waals surface area (Å²) in [6.45, 7) is 3.92. The van der Waals surface area contributed by atoms with Gasteiger partial charge in [0, 0.05) is 13.2 Å². The van der Waals surface area contributed by atoms with Gasteiger partial charge >= 0.3 is 0 Å². The van der Waals surface area contributed by atoms with Crippen molar-refractivity contribution in [1.29, 1.82) is 0 Å². The molecule has 0 spiro atoms. The van der Waals surface area contributed by atoms with E-state index < -0.39 is 0 Å². The third kappa shape index (κ3) is 13.0. The average molecular weight is 283 g/mol. The zero-order valence-corrected chi connectivity index (χ0v) is 14.0. The van der Waals surface area contributed by atoms with Crippen molar-refractivity contribution >= 4 is 0 Å². The first-order valence-corrected chi connectivity index (χ1v) is 9.51. The summed E-state index contributed by atoms with van der Waals surface area (Å²) >= 11 is 0. The van der Waals surface area contributed by atoms with E-state index in [1.807, 2.05) is 0 Å². The smallest absolute Gasteiger partial charge is 0.0465 e. The molecule has 0 unspecified atom stereocenters. The van der Waals surface area contributed by atoms with Crippen LogP contribution in [0.4, 0.5) is 0 Å². The molecule has 0 radical (unpaired) electrons. The van der Waals surface area contributed by atoms with Gasteiger partial charge in [-0.2, -0.15) is 0 Å². The summed E-state index contributed by atoms with van der Waals surface area (Å²) in [5, 5.41) is 0. The first-order chi connectivity index (χ1) is 9.93. The van der Waals surface area contributed by atoms with E-state index in [2.05, 4.69) is 6.92 Å². The van der Waals surface area contributed by atoms with Crippen molar-refractivity contribution in [2.24, 2.45) is 5.92 Å². The van der Waals surface area contributed by atoms with Crippen LogP contribution in [0.25, 0.3) is 0 Å². The third-order valence-corrected chi connectivity index (χ3v) is 4.55. The summed E-state index contributed by atoms with van der Waals surface area (Å²) in [5.41, 5.74) is 0. The topological polar surface area (TPSA) is 9.23 Å². The van der Waals surface area contributed by atoms with Gasteiger partial charge in [0.05, 0.1) is 0 Å². The maximum Gasteiger partial charge on any atom is 0.0465 e. The number of hydrogen-bond donors (Lipinski definition) is 0. The first kappa shape index (κ1) is 18.0. The van der Waals surface area contributed by atoms with Gasteiger partial charge in [0.25, 0.3) is 0 Å². The molecule has 1 rings (SSSR count). The number of unbranched alkanes of at least 4 members (excludes halogenated alkanes) is 11. The Labute approximate surface area is 127 Å². The van der Waals surface area contributed by atoms with Gasteiger partial charge in [0.15, 0.2) is 0 Å². The predicted octanol–water partition coefficient (Wildman–Crippen LogP) is 6.50. The normalized spacial score (nSPS) is 14.8. The fourth-order valence-electron chi connectivity index (χ4n) is 2.96. The van der Waals surface area contributed by atoms with Crippen molar-refractivity contribution in [3.05, 3.63) is 0 Å². The lowest BCUT2D eigenvalue weighted by molar-refractivity contribution is 0.143. The minimum absolute atomic E-state index is 0.876. The highest BCUT2D eigenvalue weighted by Gasteiger charge is 2.19. The zero-order valence-electron chi connectivity index (χ0n) is 14.0. The predicted molar refractivity (Wildman–Crippen MR) is 89.2 cm³/mol. The Balaban J connectivity index is 1.60. The van der Waals surface area contributed by atoms with Gasteiger partial charge < -0.3 is 4.74 Å². The molecule has 0 heterocycles. The zero-order chi connectivity index (χ0) is 14.3. The van der Waals surface area contributed by atoms with Crippen LogP contribution in [0.15, 0.2) is 0 Å². The fraction of sp³-hybridized carbons (Fsp3) is 1.00. The molecule has 0 aromatic carbocycles. The van der Waals surface area contributed by atoms with Crippen molar-refractivity contribution < 1.29 is 4.74 Å². The Hall–Kier alpha value is -0.0400. The highest BCUT2D eigenvalue weighted by Crippen LogP contribution is 2.34. The Morgan fingerprint density at radius 3 is 1.55 bits per heavy atom. The van der Waals surface area contributed by atoms with Crippen molar-refractivity contribution in [3.8, 4) is 0 Å². The largest absolute Gasteiger partial charge is 0.382 e. The van der Waals surface area contributed by atoms with Crippen molar-refractivity contribution in [3.63, 3.8) is 0 Å². The van der Waals surface area contributed by atoms with Gasteiger partial charge in [-0.05, 0) is 19.3 Å². The molecule has 0 aromatic heterocycles. The third-order valence-electron chi connectivity index (χ3n) is 4.55. The summed E-state index contributed by atoms with van der Waals surface area (Å²) in [7, 11) is 0. The van der Waals surface area contributed by atoms with Crippen LogP contribution in [0.2, 0.25) is 0 Å². The second-order valence-electron chi connectivity index (χ2n) is 6.67. The molecule has 1 heteroatoms. The average Bonchev–Trinajstić information content (AvgIpc) is 3.27. The molecule has 20 heavy (non-hydrogen) atoms. The van der Waals surface area contributed by atoms with Crippen LogP contribution in [0.1, 0.15) is 103 Å². The van der Waals surface area contributed by atoms with Crippen molar-refractivity contribution in [1.82, 2.24) is 0 Å². The lowest BCUT2D eigenvalue weighted by Gasteiger charge is -2.03. The molecule has 0 saturated heterocycles. The first-order valence-electron chi connectivity index (χ1n) is 9.51. The van der Waals surface area contributed by atoms with Crippen LogP contribution in [0.5, 0.6) is 0 Å². The molecule has 1 aliphatic carbocycles. The Bertz CT molecular complexity index is 186. The SMILES string of the molecule is CCOCCCCCCCCCCCCCCC1CC1. The summed E-state index contributed by atoms with van der Waals surface area (Å²) in [6.07, 6.45) is 21.9. The quantitative estimate of drug-likeness (QED) is 0.293. The summed E-state index contributed by atoms with van der Waals surface area (Å²) < 4.78 is 5.35. The number of ether oxygens (including phenoxy) is 1. The molecule has 1 aliphatic rings.